The summed E-state index contributed by atoms with van der Waals surface area (Å²) in [6.45, 7) is 4.51. The summed E-state index contributed by atoms with van der Waals surface area (Å²) in [5, 5.41) is 4.90. The standard InChI is InChI=1S/C17H23NO/c1-12(14-7-3-4-8-14)18-13(2)17-11-15-9-5-6-10-16(15)19-17/h5-6,9-14,18H,3-4,7-8H2,1-2H3. The molecular formula is C17H23NO. The summed E-state index contributed by atoms with van der Waals surface area (Å²) in [6.07, 6.45) is 5.55. The molecular weight excluding hydrogens is 234 g/mol. The number of hydrogen-bond donors (Lipinski definition) is 1. The van der Waals surface area contributed by atoms with Gasteiger partial charge in [-0.25, -0.2) is 0 Å². The van der Waals surface area contributed by atoms with E-state index in [0.29, 0.717) is 6.04 Å². The first kappa shape index (κ1) is 12.7. The minimum absolute atomic E-state index is 0.281. The molecule has 0 aliphatic heterocycles. The van der Waals surface area contributed by atoms with Gasteiger partial charge < -0.3 is 9.73 Å². The lowest BCUT2D eigenvalue weighted by Crippen LogP contribution is -2.34. The maximum Gasteiger partial charge on any atom is 0.134 e. The first-order chi connectivity index (χ1) is 9.24. The lowest BCUT2D eigenvalue weighted by Gasteiger charge is -2.23. The van der Waals surface area contributed by atoms with Crippen molar-refractivity contribution >= 4 is 11.0 Å². The Hall–Kier alpha value is -1.28. The molecule has 1 aromatic heterocycles. The highest BCUT2D eigenvalue weighted by Gasteiger charge is 2.23. The molecule has 1 aliphatic carbocycles. The zero-order chi connectivity index (χ0) is 13.2. The van der Waals surface area contributed by atoms with E-state index < -0.39 is 0 Å². The fourth-order valence-electron chi connectivity index (χ4n) is 3.29. The van der Waals surface area contributed by atoms with Crippen LogP contribution in [0.1, 0.15) is 51.3 Å². The smallest absolute Gasteiger partial charge is 0.134 e. The van der Waals surface area contributed by atoms with Crippen molar-refractivity contribution in [1.29, 1.82) is 0 Å². The molecule has 2 heteroatoms. The average Bonchev–Trinajstić information content (AvgIpc) is 3.07. The predicted octanol–water partition coefficient (Wildman–Crippen LogP) is 4.66. The summed E-state index contributed by atoms with van der Waals surface area (Å²) < 4.78 is 5.93. The molecule has 1 fully saturated rings. The van der Waals surface area contributed by atoms with Crippen molar-refractivity contribution in [3.8, 4) is 0 Å². The van der Waals surface area contributed by atoms with E-state index in [1.165, 1.54) is 31.1 Å². The van der Waals surface area contributed by atoms with Crippen LogP contribution in [-0.4, -0.2) is 6.04 Å². The summed E-state index contributed by atoms with van der Waals surface area (Å²) in [5.74, 6) is 1.89. The van der Waals surface area contributed by atoms with Gasteiger partial charge in [0.15, 0.2) is 0 Å². The number of benzene rings is 1. The Labute approximate surface area is 115 Å². The van der Waals surface area contributed by atoms with Crippen LogP contribution in [0.25, 0.3) is 11.0 Å². The summed E-state index contributed by atoms with van der Waals surface area (Å²) in [5.41, 5.74) is 0.986. The molecule has 2 aromatic rings. The molecule has 0 saturated heterocycles. The number of para-hydroxylation sites is 1. The number of furan rings is 1. The van der Waals surface area contributed by atoms with Gasteiger partial charge in [0.05, 0.1) is 6.04 Å². The molecule has 3 rings (SSSR count). The molecule has 1 saturated carbocycles. The van der Waals surface area contributed by atoms with Crippen molar-refractivity contribution in [1.82, 2.24) is 5.32 Å². The zero-order valence-electron chi connectivity index (χ0n) is 11.9. The van der Waals surface area contributed by atoms with E-state index in [1.54, 1.807) is 0 Å². The van der Waals surface area contributed by atoms with Gasteiger partial charge in [-0.3, -0.25) is 0 Å². The van der Waals surface area contributed by atoms with Crippen LogP contribution in [0, 0.1) is 5.92 Å². The number of hydrogen-bond acceptors (Lipinski definition) is 2. The van der Waals surface area contributed by atoms with Gasteiger partial charge in [-0.2, -0.15) is 0 Å². The van der Waals surface area contributed by atoms with Crippen LogP contribution in [0.3, 0.4) is 0 Å². The lowest BCUT2D eigenvalue weighted by atomic mass is 9.99. The fourth-order valence-corrected chi connectivity index (χ4v) is 3.29. The van der Waals surface area contributed by atoms with Crippen LogP contribution < -0.4 is 5.32 Å². The maximum absolute atomic E-state index is 5.93. The summed E-state index contributed by atoms with van der Waals surface area (Å²) in [7, 11) is 0. The largest absolute Gasteiger partial charge is 0.459 e. The van der Waals surface area contributed by atoms with Crippen LogP contribution in [0.2, 0.25) is 0 Å². The fraction of sp³-hybridized carbons (Fsp3) is 0.529. The van der Waals surface area contributed by atoms with Crippen LogP contribution in [0.5, 0.6) is 0 Å². The minimum atomic E-state index is 0.281. The zero-order valence-corrected chi connectivity index (χ0v) is 11.9. The first-order valence-corrected chi connectivity index (χ1v) is 7.48. The van der Waals surface area contributed by atoms with E-state index >= 15 is 0 Å². The minimum Gasteiger partial charge on any atom is -0.459 e. The highest BCUT2D eigenvalue weighted by atomic mass is 16.3. The van der Waals surface area contributed by atoms with Gasteiger partial charge in [-0.15, -0.1) is 0 Å². The van der Waals surface area contributed by atoms with Crippen molar-refractivity contribution in [2.24, 2.45) is 5.92 Å². The monoisotopic (exact) mass is 257 g/mol. The molecule has 2 nitrogen and oxygen atoms in total. The summed E-state index contributed by atoms with van der Waals surface area (Å²) in [6, 6.07) is 11.2. The van der Waals surface area contributed by atoms with Gasteiger partial charge >= 0.3 is 0 Å². The van der Waals surface area contributed by atoms with Crippen LogP contribution in [-0.2, 0) is 0 Å². The molecule has 0 spiro atoms. The highest BCUT2D eigenvalue weighted by Crippen LogP contribution is 2.30. The second-order valence-corrected chi connectivity index (χ2v) is 5.91. The van der Waals surface area contributed by atoms with E-state index in [4.69, 9.17) is 4.42 Å². The lowest BCUT2D eigenvalue weighted by molar-refractivity contribution is 0.331. The topological polar surface area (TPSA) is 25.2 Å². The normalized spacial score (nSPS) is 19.9. The van der Waals surface area contributed by atoms with E-state index in [2.05, 4.69) is 37.4 Å². The van der Waals surface area contributed by atoms with Crippen LogP contribution in [0.4, 0.5) is 0 Å². The van der Waals surface area contributed by atoms with Gasteiger partial charge in [-0.1, -0.05) is 31.0 Å². The Morgan fingerprint density at radius 3 is 2.63 bits per heavy atom. The Morgan fingerprint density at radius 2 is 1.89 bits per heavy atom. The van der Waals surface area contributed by atoms with Crippen molar-refractivity contribution in [3.05, 3.63) is 36.1 Å². The third-order valence-corrected chi connectivity index (χ3v) is 4.49. The molecule has 1 aliphatic rings. The van der Waals surface area contributed by atoms with Gasteiger partial charge in [0.1, 0.15) is 11.3 Å². The van der Waals surface area contributed by atoms with Gasteiger partial charge in [0.25, 0.3) is 0 Å². The van der Waals surface area contributed by atoms with Crippen molar-refractivity contribution in [3.63, 3.8) is 0 Å². The van der Waals surface area contributed by atoms with Gasteiger partial charge in [-0.05, 0) is 44.7 Å². The molecule has 102 valence electrons. The van der Waals surface area contributed by atoms with Crippen LogP contribution in [0.15, 0.2) is 34.7 Å². The summed E-state index contributed by atoms with van der Waals surface area (Å²) >= 11 is 0. The van der Waals surface area contributed by atoms with Gasteiger partial charge in [0.2, 0.25) is 0 Å². The number of fused-ring (bicyclic) bond motifs is 1. The van der Waals surface area contributed by atoms with E-state index in [9.17, 15) is 0 Å². The molecule has 2 unspecified atom stereocenters. The third kappa shape index (κ3) is 2.69. The third-order valence-electron chi connectivity index (χ3n) is 4.49. The Kier molecular flexibility index (Phi) is 3.61. The first-order valence-electron chi connectivity index (χ1n) is 7.48. The molecule has 0 radical (unpaired) electrons. The van der Waals surface area contributed by atoms with Crippen molar-refractivity contribution in [2.75, 3.05) is 0 Å². The van der Waals surface area contributed by atoms with E-state index in [-0.39, 0.29) is 6.04 Å². The quantitative estimate of drug-likeness (QED) is 0.861. The van der Waals surface area contributed by atoms with Crippen molar-refractivity contribution < 1.29 is 4.42 Å². The summed E-state index contributed by atoms with van der Waals surface area (Å²) in [4.78, 5) is 0. The molecule has 1 N–H and O–H groups in total. The Bertz CT molecular complexity index is 506. The second kappa shape index (κ2) is 5.38. The molecule has 19 heavy (non-hydrogen) atoms. The molecule has 2 atom stereocenters. The maximum atomic E-state index is 5.93. The Balaban J connectivity index is 1.70. The molecule has 1 heterocycles. The predicted molar refractivity (Wildman–Crippen MR) is 79.2 cm³/mol. The highest BCUT2D eigenvalue weighted by molar-refractivity contribution is 5.77. The molecule has 0 amide bonds. The SMILES string of the molecule is CC(NC(C)C1CCCC1)c1cc2ccccc2o1. The number of nitrogens with one attached hydrogen (secondary N) is 1. The second-order valence-electron chi connectivity index (χ2n) is 5.91. The Morgan fingerprint density at radius 1 is 1.16 bits per heavy atom. The van der Waals surface area contributed by atoms with Gasteiger partial charge in [0, 0.05) is 11.4 Å². The average molecular weight is 257 g/mol. The van der Waals surface area contributed by atoms with E-state index in [0.717, 1.165) is 17.3 Å². The molecule has 1 aromatic carbocycles. The molecule has 0 bridgehead atoms. The van der Waals surface area contributed by atoms with E-state index in [1.807, 2.05) is 12.1 Å². The number of rotatable bonds is 4. The van der Waals surface area contributed by atoms with Crippen molar-refractivity contribution in [2.45, 2.75) is 51.6 Å². The van der Waals surface area contributed by atoms with Crippen LogP contribution >= 0.6 is 0 Å².